The van der Waals surface area contributed by atoms with Crippen molar-refractivity contribution < 1.29 is 30.5 Å². The van der Waals surface area contributed by atoms with Gasteiger partial charge in [-0.3, -0.25) is 9.11 Å². The zero-order valence-electron chi connectivity index (χ0n) is 19.1. The summed E-state index contributed by atoms with van der Waals surface area (Å²) >= 11 is 24.6. The monoisotopic (exact) mass is 627 g/mol. The van der Waals surface area contributed by atoms with Crippen molar-refractivity contribution in [3.8, 4) is 0 Å². The molecule has 2 aromatic carbocycles. The molecule has 37 heavy (non-hydrogen) atoms. The molecular weight excluding hydrogens is 610 g/mol. The van der Waals surface area contributed by atoms with E-state index in [0.717, 1.165) is 0 Å². The van der Waals surface area contributed by atoms with Crippen LogP contribution in [0.4, 0.5) is 11.4 Å². The Balaban J connectivity index is 1.85. The van der Waals surface area contributed by atoms with Gasteiger partial charge in [-0.2, -0.15) is 16.8 Å². The Bertz CT molecular complexity index is 1720. The third-order valence-corrected chi connectivity index (χ3v) is 8.27. The van der Waals surface area contributed by atoms with Crippen molar-refractivity contribution >= 4 is 95.1 Å². The maximum absolute atomic E-state index is 11.8. The van der Waals surface area contributed by atoms with Crippen LogP contribution < -0.4 is 14.4 Å². The van der Waals surface area contributed by atoms with Crippen LogP contribution in [-0.4, -0.2) is 43.4 Å². The van der Waals surface area contributed by atoms with Crippen molar-refractivity contribution in [2.24, 2.45) is 7.05 Å². The average molecular weight is 629 g/mol. The van der Waals surface area contributed by atoms with Crippen LogP contribution in [-0.2, 0) is 33.2 Å². The van der Waals surface area contributed by atoms with Crippen LogP contribution in [0.25, 0.3) is 17.1 Å². The first-order valence-corrected chi connectivity index (χ1v) is 15.0. The van der Waals surface area contributed by atoms with Crippen molar-refractivity contribution in [2.45, 2.75) is 5.88 Å². The fourth-order valence-electron chi connectivity index (χ4n) is 4.10. The van der Waals surface area contributed by atoms with E-state index in [9.17, 15) is 25.9 Å². The molecule has 4 rings (SSSR count). The second-order valence-corrected chi connectivity index (χ2v) is 12.6. The van der Waals surface area contributed by atoms with E-state index in [1.807, 2.05) is 0 Å². The van der Waals surface area contributed by atoms with Crippen molar-refractivity contribution in [1.82, 2.24) is 4.57 Å². The maximum atomic E-state index is 11.8. The highest BCUT2D eigenvalue weighted by Gasteiger charge is 2.32. The molecule has 0 spiro atoms. The van der Waals surface area contributed by atoms with E-state index >= 15 is 0 Å². The van der Waals surface area contributed by atoms with E-state index in [1.54, 1.807) is 53.9 Å². The highest BCUT2D eigenvalue weighted by atomic mass is 35.5. The van der Waals surface area contributed by atoms with E-state index < -0.39 is 32.0 Å². The Hall–Kier alpha value is -2.03. The van der Waals surface area contributed by atoms with Crippen LogP contribution in [0.1, 0.15) is 5.82 Å². The number of anilines is 2. The topological polar surface area (TPSA) is 124 Å². The van der Waals surface area contributed by atoms with Crippen LogP contribution in [0, 0.1) is 0 Å². The minimum Gasteiger partial charge on any atom is -0.329 e. The summed E-state index contributed by atoms with van der Waals surface area (Å²) in [5.41, 5.74) is 1.91. The van der Waals surface area contributed by atoms with Gasteiger partial charge in [-0.25, -0.2) is 9.13 Å². The smallest absolute Gasteiger partial charge is 0.304 e. The first-order valence-electron chi connectivity index (χ1n) is 10.2. The molecule has 1 aromatic heterocycles. The number of nitrogens with zero attached hydrogens (tertiary/aromatic N) is 4. The molecule has 198 valence electrons. The lowest BCUT2D eigenvalue weighted by Crippen LogP contribution is -2.31. The summed E-state index contributed by atoms with van der Waals surface area (Å²) in [6.07, 6.45) is 4.67. The van der Waals surface area contributed by atoms with Crippen LogP contribution in [0.15, 0.2) is 42.2 Å². The molecule has 0 saturated carbocycles. The standard InChI is InChI=1S/C21H18Cl4N4O6S2/c1-26-16-6-12(22)14(24)8-18(16)28(10-36(30,31)32)20(26)4-3-5-21-27(2)17-7-13(23)15(25)9-19(17)29(21)11-37(33,34)35/h3-9H,10-11H2,1-2H3,(H-,30,31,32,33,34,35)/p+1. The van der Waals surface area contributed by atoms with Crippen molar-refractivity contribution in [1.29, 1.82) is 0 Å². The molecule has 3 aromatic rings. The molecule has 0 aliphatic carbocycles. The SMILES string of the molecule is CN1/C(=C\C=C\c2n(CS(=O)(=O)O)c3cc(Cl)c(Cl)cc3[n+]2C)N(CS(=O)(=O)O)c2cc(Cl)c(Cl)cc21. The number of aromatic nitrogens is 2. The molecule has 1 aliphatic rings. The van der Waals surface area contributed by atoms with E-state index in [2.05, 4.69) is 0 Å². The first kappa shape index (κ1) is 28.0. The Morgan fingerprint density at radius 2 is 1.41 bits per heavy atom. The summed E-state index contributed by atoms with van der Waals surface area (Å²) in [5, 5.41) is 0.917. The summed E-state index contributed by atoms with van der Waals surface area (Å²) < 4.78 is 69.1. The Kier molecular flexibility index (Phi) is 7.51. The van der Waals surface area contributed by atoms with Gasteiger partial charge in [0.1, 0.15) is 5.82 Å². The molecule has 0 unspecified atom stereocenters. The summed E-state index contributed by atoms with van der Waals surface area (Å²) in [6, 6.07) is 6.11. The van der Waals surface area contributed by atoms with E-state index in [1.165, 1.54) is 21.6 Å². The third kappa shape index (κ3) is 5.71. The van der Waals surface area contributed by atoms with Gasteiger partial charge in [-0.15, -0.1) is 0 Å². The number of aryl methyl sites for hydroxylation is 1. The van der Waals surface area contributed by atoms with Gasteiger partial charge in [0.05, 0.1) is 38.5 Å². The molecule has 0 bridgehead atoms. The minimum absolute atomic E-state index is 0.199. The maximum Gasteiger partial charge on any atom is 0.304 e. The zero-order chi connectivity index (χ0) is 27.4. The van der Waals surface area contributed by atoms with Crippen molar-refractivity contribution in [2.75, 3.05) is 22.7 Å². The predicted octanol–water partition coefficient (Wildman–Crippen LogP) is 4.58. The molecule has 0 amide bonds. The molecule has 0 atom stereocenters. The van der Waals surface area contributed by atoms with Crippen molar-refractivity contribution in [3.63, 3.8) is 0 Å². The van der Waals surface area contributed by atoms with Crippen LogP contribution in [0.3, 0.4) is 0 Å². The van der Waals surface area contributed by atoms with Crippen LogP contribution in [0.2, 0.25) is 20.1 Å². The van der Waals surface area contributed by atoms with Gasteiger partial charge in [-0.05, 0) is 18.2 Å². The number of hydrogen-bond donors (Lipinski definition) is 2. The van der Waals surface area contributed by atoms with Gasteiger partial charge in [0.15, 0.2) is 16.9 Å². The normalized spacial score (nSPS) is 15.5. The van der Waals surface area contributed by atoms with Gasteiger partial charge >= 0.3 is 10.1 Å². The molecule has 2 heterocycles. The Labute approximate surface area is 233 Å². The molecule has 1 aliphatic heterocycles. The minimum atomic E-state index is -4.44. The summed E-state index contributed by atoms with van der Waals surface area (Å²) in [6.45, 7) is 0. The molecule has 0 radical (unpaired) electrons. The molecule has 0 saturated heterocycles. The van der Waals surface area contributed by atoms with Crippen LogP contribution >= 0.6 is 46.4 Å². The highest BCUT2D eigenvalue weighted by molar-refractivity contribution is 7.85. The van der Waals surface area contributed by atoms with E-state index in [0.29, 0.717) is 34.1 Å². The first-order chi connectivity index (χ1) is 17.1. The number of allylic oxidation sites excluding steroid dienone is 2. The van der Waals surface area contributed by atoms with Crippen molar-refractivity contribution in [3.05, 3.63) is 68.2 Å². The molecular formula is C21H19Cl4N4O6S2+. The number of hydrogen-bond acceptors (Lipinski definition) is 6. The fraction of sp³-hybridized carbons (Fsp3) is 0.190. The van der Waals surface area contributed by atoms with Gasteiger partial charge in [-0.1, -0.05) is 52.5 Å². The summed E-state index contributed by atoms with van der Waals surface area (Å²) in [4.78, 5) is 2.99. The Morgan fingerprint density at radius 1 is 0.865 bits per heavy atom. The lowest BCUT2D eigenvalue weighted by atomic mass is 10.2. The van der Waals surface area contributed by atoms with Gasteiger partial charge in [0.2, 0.25) is 5.88 Å². The average Bonchev–Trinajstić information content (AvgIpc) is 3.13. The fourth-order valence-corrected chi connectivity index (χ4v) is 5.93. The molecule has 0 fully saturated rings. The predicted molar refractivity (Wildman–Crippen MR) is 146 cm³/mol. The number of fused-ring (bicyclic) bond motifs is 2. The number of halogens is 4. The lowest BCUT2D eigenvalue weighted by molar-refractivity contribution is -0.647. The second kappa shape index (κ2) is 9.93. The number of benzene rings is 2. The van der Waals surface area contributed by atoms with Crippen LogP contribution in [0.5, 0.6) is 0 Å². The van der Waals surface area contributed by atoms with Gasteiger partial charge < -0.3 is 9.80 Å². The third-order valence-electron chi connectivity index (χ3n) is 5.65. The zero-order valence-corrected chi connectivity index (χ0v) is 23.8. The molecule has 2 N–H and O–H groups in total. The summed E-state index contributed by atoms with van der Waals surface area (Å²) in [7, 11) is -5.53. The summed E-state index contributed by atoms with van der Waals surface area (Å²) in [5.74, 6) is -0.798. The largest absolute Gasteiger partial charge is 0.329 e. The van der Waals surface area contributed by atoms with E-state index in [4.69, 9.17) is 46.4 Å². The lowest BCUT2D eigenvalue weighted by Gasteiger charge is -2.21. The Morgan fingerprint density at radius 3 is 2.00 bits per heavy atom. The number of rotatable bonds is 6. The van der Waals surface area contributed by atoms with Gasteiger partial charge in [0, 0.05) is 25.3 Å². The van der Waals surface area contributed by atoms with Gasteiger partial charge in [0.25, 0.3) is 15.9 Å². The second-order valence-electron chi connectivity index (χ2n) is 8.15. The molecule has 16 heteroatoms. The van der Waals surface area contributed by atoms with E-state index in [-0.39, 0.29) is 20.1 Å². The quantitative estimate of drug-likeness (QED) is 0.300. The highest BCUT2D eigenvalue weighted by Crippen LogP contribution is 2.45. The molecule has 10 nitrogen and oxygen atoms in total. The number of imidazole rings is 1.